The molecule has 2 aliphatic heterocycles. The number of nitrogens with zero attached hydrogens (tertiary/aromatic N) is 5. The fraction of sp³-hybridized carbons (Fsp3) is 0.440. The zero-order chi connectivity index (χ0) is 22.8. The van der Waals surface area contributed by atoms with Crippen molar-refractivity contribution in [3.8, 4) is 11.3 Å². The smallest absolute Gasteiger partial charge is 0.254 e. The molecule has 172 valence electrons. The molecule has 0 spiro atoms. The lowest BCUT2D eigenvalue weighted by atomic mass is 9.94. The maximum Gasteiger partial charge on any atom is 0.254 e. The zero-order valence-corrected chi connectivity index (χ0v) is 18.9. The average molecular weight is 448 g/mol. The number of morpholine rings is 1. The van der Waals surface area contributed by atoms with Gasteiger partial charge in [-0.15, -0.1) is 0 Å². The summed E-state index contributed by atoms with van der Waals surface area (Å²) in [6, 6.07) is 11.8. The molecule has 8 heteroatoms. The molecule has 0 saturated carbocycles. The van der Waals surface area contributed by atoms with Crippen LogP contribution in [0.25, 0.3) is 22.3 Å². The van der Waals surface area contributed by atoms with Crippen LogP contribution in [-0.2, 0) is 16.1 Å². The van der Waals surface area contributed by atoms with E-state index in [2.05, 4.69) is 5.10 Å². The third kappa shape index (κ3) is 4.23. The predicted molar refractivity (Wildman–Crippen MR) is 125 cm³/mol. The number of rotatable bonds is 4. The van der Waals surface area contributed by atoms with Crippen LogP contribution < -0.4 is 0 Å². The Balaban J connectivity index is 1.38. The highest BCUT2D eigenvalue weighted by atomic mass is 16.5. The number of carbonyl (C=O) groups is 2. The average Bonchev–Trinajstić information content (AvgIpc) is 3.31. The summed E-state index contributed by atoms with van der Waals surface area (Å²) >= 11 is 0. The number of aromatic nitrogens is 3. The maximum atomic E-state index is 13.6. The molecule has 33 heavy (non-hydrogen) atoms. The van der Waals surface area contributed by atoms with E-state index in [1.54, 1.807) is 6.20 Å². The Bertz CT molecular complexity index is 1150. The first-order valence-corrected chi connectivity index (χ1v) is 11.7. The van der Waals surface area contributed by atoms with Crippen LogP contribution in [0.3, 0.4) is 0 Å². The second-order valence-corrected chi connectivity index (χ2v) is 8.62. The Hall–Kier alpha value is -3.26. The summed E-state index contributed by atoms with van der Waals surface area (Å²) in [5.41, 5.74) is 3.07. The van der Waals surface area contributed by atoms with Crippen molar-refractivity contribution in [1.29, 1.82) is 0 Å². The molecule has 1 aromatic carbocycles. The first kappa shape index (κ1) is 21.6. The Morgan fingerprint density at radius 2 is 1.76 bits per heavy atom. The van der Waals surface area contributed by atoms with Crippen molar-refractivity contribution in [2.24, 2.45) is 5.92 Å². The standard InChI is InChI=1S/C25H29N5O3/c1-2-30-23-21(17-26-30)20(16-22(27-23)18-6-4-3-5-7-18)25(32)28-10-8-19(9-11-28)24(31)29-12-14-33-15-13-29/h3-7,16-17,19H,2,8-15H2,1H3. The van der Waals surface area contributed by atoms with E-state index in [1.807, 2.05) is 57.8 Å². The number of likely N-dealkylation sites (tertiary alicyclic amines) is 1. The Morgan fingerprint density at radius 1 is 1.03 bits per heavy atom. The van der Waals surface area contributed by atoms with E-state index in [0.717, 1.165) is 22.3 Å². The van der Waals surface area contributed by atoms with Gasteiger partial charge in [0.1, 0.15) is 0 Å². The third-order valence-corrected chi connectivity index (χ3v) is 6.66. The first-order valence-electron chi connectivity index (χ1n) is 11.7. The highest BCUT2D eigenvalue weighted by Gasteiger charge is 2.32. The molecule has 8 nitrogen and oxygen atoms in total. The molecule has 2 aromatic heterocycles. The molecule has 2 saturated heterocycles. The first-order chi connectivity index (χ1) is 16.2. The molecular formula is C25H29N5O3. The molecule has 5 rings (SSSR count). The molecule has 0 atom stereocenters. The van der Waals surface area contributed by atoms with E-state index >= 15 is 0 Å². The van der Waals surface area contributed by atoms with Crippen LogP contribution in [0.5, 0.6) is 0 Å². The number of pyridine rings is 1. The topological polar surface area (TPSA) is 80.6 Å². The molecule has 0 bridgehead atoms. The Labute approximate surface area is 193 Å². The fourth-order valence-corrected chi connectivity index (χ4v) is 4.75. The molecule has 3 aromatic rings. The molecular weight excluding hydrogens is 418 g/mol. The van der Waals surface area contributed by atoms with Crippen molar-refractivity contribution in [2.45, 2.75) is 26.3 Å². The van der Waals surface area contributed by atoms with Gasteiger partial charge in [0.05, 0.1) is 36.1 Å². The fourth-order valence-electron chi connectivity index (χ4n) is 4.75. The van der Waals surface area contributed by atoms with Gasteiger partial charge in [0, 0.05) is 44.2 Å². The van der Waals surface area contributed by atoms with Crippen LogP contribution in [-0.4, -0.2) is 75.8 Å². The van der Waals surface area contributed by atoms with Gasteiger partial charge in [-0.1, -0.05) is 30.3 Å². The van der Waals surface area contributed by atoms with Gasteiger partial charge >= 0.3 is 0 Å². The van der Waals surface area contributed by atoms with Gasteiger partial charge in [0.25, 0.3) is 5.91 Å². The summed E-state index contributed by atoms with van der Waals surface area (Å²) in [7, 11) is 0. The molecule has 0 radical (unpaired) electrons. The third-order valence-electron chi connectivity index (χ3n) is 6.66. The van der Waals surface area contributed by atoms with Gasteiger partial charge < -0.3 is 14.5 Å². The number of hydrogen-bond donors (Lipinski definition) is 0. The van der Waals surface area contributed by atoms with Crippen molar-refractivity contribution >= 4 is 22.8 Å². The van der Waals surface area contributed by atoms with Crippen LogP contribution in [0.2, 0.25) is 0 Å². The molecule has 0 aliphatic carbocycles. The normalized spacial score (nSPS) is 17.5. The number of carbonyl (C=O) groups excluding carboxylic acids is 2. The van der Waals surface area contributed by atoms with E-state index in [-0.39, 0.29) is 17.7 Å². The second kappa shape index (κ2) is 9.31. The predicted octanol–water partition coefficient (Wildman–Crippen LogP) is 2.83. The number of fused-ring (bicyclic) bond motifs is 1. The van der Waals surface area contributed by atoms with Crippen molar-refractivity contribution in [3.63, 3.8) is 0 Å². The molecule has 2 aliphatic rings. The van der Waals surface area contributed by atoms with Gasteiger partial charge in [0.15, 0.2) is 5.65 Å². The molecule has 4 heterocycles. The minimum Gasteiger partial charge on any atom is -0.378 e. The van der Waals surface area contributed by atoms with Gasteiger partial charge in [-0.05, 0) is 25.8 Å². The number of aryl methyl sites for hydroxylation is 1. The van der Waals surface area contributed by atoms with Gasteiger partial charge in [0.2, 0.25) is 5.91 Å². The Morgan fingerprint density at radius 3 is 2.45 bits per heavy atom. The summed E-state index contributed by atoms with van der Waals surface area (Å²) in [5.74, 6) is 0.159. The van der Waals surface area contributed by atoms with Gasteiger partial charge in [-0.2, -0.15) is 5.10 Å². The van der Waals surface area contributed by atoms with E-state index in [1.165, 1.54) is 0 Å². The molecule has 2 fully saturated rings. The van der Waals surface area contributed by atoms with Crippen molar-refractivity contribution in [3.05, 3.63) is 48.2 Å². The molecule has 0 N–H and O–H groups in total. The lowest BCUT2D eigenvalue weighted by Gasteiger charge is -2.35. The lowest BCUT2D eigenvalue weighted by molar-refractivity contribution is -0.141. The zero-order valence-electron chi connectivity index (χ0n) is 18.9. The molecule has 2 amide bonds. The van der Waals surface area contributed by atoms with Crippen molar-refractivity contribution in [2.75, 3.05) is 39.4 Å². The quantitative estimate of drug-likeness (QED) is 0.614. The minimum atomic E-state index is -0.0210. The largest absolute Gasteiger partial charge is 0.378 e. The molecule has 0 unspecified atom stereocenters. The monoisotopic (exact) mass is 447 g/mol. The van der Waals surface area contributed by atoms with Crippen LogP contribution in [0, 0.1) is 5.92 Å². The van der Waals surface area contributed by atoms with E-state index < -0.39 is 0 Å². The number of piperidine rings is 1. The van der Waals surface area contributed by atoms with Crippen LogP contribution in [0.15, 0.2) is 42.6 Å². The lowest BCUT2D eigenvalue weighted by Crippen LogP contribution is -2.47. The highest BCUT2D eigenvalue weighted by molar-refractivity contribution is 6.06. The van der Waals surface area contributed by atoms with E-state index in [9.17, 15) is 9.59 Å². The number of ether oxygens (including phenoxy) is 1. The Kier molecular flexibility index (Phi) is 6.09. The summed E-state index contributed by atoms with van der Waals surface area (Å²) in [4.78, 5) is 35.1. The van der Waals surface area contributed by atoms with Gasteiger partial charge in [-0.3, -0.25) is 9.59 Å². The van der Waals surface area contributed by atoms with Crippen molar-refractivity contribution < 1.29 is 14.3 Å². The summed E-state index contributed by atoms with van der Waals surface area (Å²) < 4.78 is 7.19. The van der Waals surface area contributed by atoms with Crippen LogP contribution in [0.4, 0.5) is 0 Å². The number of benzene rings is 1. The second-order valence-electron chi connectivity index (χ2n) is 8.62. The van der Waals surface area contributed by atoms with E-state index in [0.29, 0.717) is 64.3 Å². The van der Waals surface area contributed by atoms with Crippen LogP contribution >= 0.6 is 0 Å². The number of hydrogen-bond acceptors (Lipinski definition) is 5. The minimum absolute atomic E-state index is 0.0208. The van der Waals surface area contributed by atoms with Crippen LogP contribution in [0.1, 0.15) is 30.1 Å². The number of amides is 2. The van der Waals surface area contributed by atoms with E-state index in [4.69, 9.17) is 9.72 Å². The van der Waals surface area contributed by atoms with Crippen molar-refractivity contribution in [1.82, 2.24) is 24.6 Å². The maximum absolute atomic E-state index is 13.6. The SMILES string of the molecule is CCn1ncc2c(C(=O)N3CCC(C(=O)N4CCOCC4)CC3)cc(-c3ccccc3)nc21. The summed E-state index contributed by atoms with van der Waals surface area (Å²) in [6.45, 7) is 6.39. The summed E-state index contributed by atoms with van der Waals surface area (Å²) in [6.07, 6.45) is 3.12. The van der Waals surface area contributed by atoms with Gasteiger partial charge in [-0.25, -0.2) is 9.67 Å². The highest BCUT2D eigenvalue weighted by Crippen LogP contribution is 2.28. The summed E-state index contributed by atoms with van der Waals surface area (Å²) in [5, 5.41) is 5.22.